The average Bonchev–Trinajstić information content (AvgIpc) is 4.28. The molecule has 13 nitrogen and oxygen atoms in total. The maximum Gasteiger partial charge on any atom is 0.243 e. The Balaban J connectivity index is 0.000000229. The lowest BCUT2D eigenvalue weighted by molar-refractivity contribution is 0.324. The maximum absolute atomic E-state index is 14.2. The number of hydrogen-bond donors (Lipinski definition) is 0. The molecule has 8 rings (SSSR count). The predicted molar refractivity (Wildman–Crippen MR) is 328 cm³/mol. The Morgan fingerprint density at radius 3 is 1.11 bits per heavy atom. The van der Waals surface area contributed by atoms with E-state index in [4.69, 9.17) is 24.2 Å². The fourth-order valence-electron chi connectivity index (χ4n) is 10.8. The number of benzene rings is 4. The molecular weight excluding hydrogens is 1070 g/mol. The van der Waals surface area contributed by atoms with Crippen LogP contribution in [0.1, 0.15) is 169 Å². The van der Waals surface area contributed by atoms with Gasteiger partial charge < -0.3 is 24.0 Å². The van der Waals surface area contributed by atoms with Gasteiger partial charge in [0.1, 0.15) is 0 Å². The standard InChI is InChI=1S/C31H43N3O5S2.C31H43N3O2S2/c1-19(2)22-14-24(20(3)4)30(25(15-22)21(5)6)41(35,36)34-12-10-33(11-13-34)31-32-26(18-40-31)23-16-27(37-7)29(39-9)28(17-23)38-8;1-19(2)25-16-26(20(3)4)30(27(17-25)21(5)6)38(35,36)34-12-10-33(11-13-34)31-32-28(18-37-31)29-23(8)14-22(7)15-24(29)9/h14-21H,10-13H2,1-9H3;14-21H,10-13H2,1-9H3. The molecule has 0 amide bonds. The SMILES string of the molecule is COc1cc(-c2csc(N3CCN(S(=O)(=O)c4c(C(C)C)cc(C(C)C)cc4C(C)C)CC3)n2)cc(OC)c1OC.Cc1cc(C)c(-c2csc(N3CCN(S(=O)(=O)c4c(C(C)C)cc(C(C)C)cc4C(C)C)CC3)n2)c(C)c1. The first-order valence-corrected chi connectivity index (χ1v) is 32.5. The van der Waals surface area contributed by atoms with E-state index in [0.717, 1.165) is 49.5 Å². The third-order valence-corrected chi connectivity index (χ3v) is 21.1. The number of methoxy groups -OCH3 is 3. The quantitative estimate of drug-likeness (QED) is 0.0864. The molecule has 2 fully saturated rings. The Hall–Kier alpha value is -5.04. The Morgan fingerprint density at radius 1 is 0.456 bits per heavy atom. The van der Waals surface area contributed by atoms with E-state index in [1.165, 1.54) is 33.4 Å². The van der Waals surface area contributed by atoms with E-state index in [1.54, 1.807) is 52.6 Å². The van der Waals surface area contributed by atoms with Crippen molar-refractivity contribution in [2.45, 2.75) is 149 Å². The van der Waals surface area contributed by atoms with Crippen molar-refractivity contribution in [2.75, 3.05) is 83.5 Å². The molecule has 0 bridgehead atoms. The average molecular weight is 1160 g/mol. The Labute approximate surface area is 481 Å². The lowest BCUT2D eigenvalue weighted by Gasteiger charge is -2.35. The number of nitrogens with zero attached hydrogens (tertiary/aromatic N) is 6. The van der Waals surface area contributed by atoms with Crippen LogP contribution in [-0.4, -0.2) is 109 Å². The van der Waals surface area contributed by atoms with Crippen LogP contribution in [0.5, 0.6) is 17.2 Å². The van der Waals surface area contributed by atoms with Crippen LogP contribution in [0.2, 0.25) is 0 Å². The van der Waals surface area contributed by atoms with Gasteiger partial charge in [-0.05, 0) is 113 Å². The number of hydrogen-bond acceptors (Lipinski definition) is 13. The number of sulfonamides is 2. The largest absolute Gasteiger partial charge is 0.493 e. The van der Waals surface area contributed by atoms with Crippen LogP contribution < -0.4 is 24.0 Å². The first-order chi connectivity index (χ1) is 37.2. The monoisotopic (exact) mass is 1150 g/mol. The van der Waals surface area contributed by atoms with Gasteiger partial charge in [0.25, 0.3) is 0 Å². The Kier molecular flexibility index (Phi) is 19.8. The molecule has 0 N–H and O–H groups in total. The first-order valence-electron chi connectivity index (χ1n) is 27.9. The third-order valence-electron chi connectivity index (χ3n) is 15.3. The molecule has 2 saturated heterocycles. The van der Waals surface area contributed by atoms with Crippen molar-refractivity contribution in [3.05, 3.63) is 109 Å². The topological polar surface area (TPSA) is 135 Å². The van der Waals surface area contributed by atoms with Crippen LogP contribution in [0, 0.1) is 20.8 Å². The van der Waals surface area contributed by atoms with Crippen molar-refractivity contribution >= 4 is 53.0 Å². The minimum absolute atomic E-state index is 0.0983. The second kappa shape index (κ2) is 25.4. The van der Waals surface area contributed by atoms with Crippen molar-refractivity contribution in [1.82, 2.24) is 18.6 Å². The van der Waals surface area contributed by atoms with E-state index >= 15 is 0 Å². The maximum atomic E-state index is 14.2. The third kappa shape index (κ3) is 13.2. The summed E-state index contributed by atoms with van der Waals surface area (Å²) in [5, 5.41) is 5.95. The van der Waals surface area contributed by atoms with Crippen LogP contribution in [0.25, 0.3) is 22.5 Å². The molecule has 0 unspecified atom stereocenters. The normalized spacial score (nSPS) is 15.0. The molecule has 2 aromatic heterocycles. The van der Waals surface area contributed by atoms with Crippen LogP contribution in [0.15, 0.2) is 69.1 Å². The zero-order valence-electron chi connectivity index (χ0n) is 50.1. The minimum Gasteiger partial charge on any atom is -0.493 e. The number of aromatic nitrogens is 2. The molecule has 2 aliphatic rings. The smallest absolute Gasteiger partial charge is 0.243 e. The van der Waals surface area contributed by atoms with Gasteiger partial charge in [0.2, 0.25) is 25.8 Å². The Morgan fingerprint density at radius 2 is 0.797 bits per heavy atom. The highest BCUT2D eigenvalue weighted by Gasteiger charge is 2.37. The highest BCUT2D eigenvalue weighted by atomic mass is 32.2. The van der Waals surface area contributed by atoms with Crippen molar-refractivity contribution in [1.29, 1.82) is 0 Å². The molecule has 0 saturated carbocycles. The van der Waals surface area contributed by atoms with Gasteiger partial charge in [0.15, 0.2) is 21.8 Å². The summed E-state index contributed by atoms with van der Waals surface area (Å²) in [5.41, 5.74) is 13.7. The van der Waals surface area contributed by atoms with E-state index in [9.17, 15) is 16.8 Å². The first kappa shape index (κ1) is 61.6. The number of ether oxygens (including phenoxy) is 3. The molecule has 2 aliphatic heterocycles. The second-order valence-electron chi connectivity index (χ2n) is 23.0. The minimum atomic E-state index is -3.67. The molecule has 79 heavy (non-hydrogen) atoms. The van der Waals surface area contributed by atoms with E-state index in [2.05, 4.69) is 155 Å². The zero-order chi connectivity index (χ0) is 58.0. The summed E-state index contributed by atoms with van der Waals surface area (Å²) in [5.74, 6) is 2.79. The summed E-state index contributed by atoms with van der Waals surface area (Å²) >= 11 is 3.19. The molecule has 6 aromatic rings. The number of anilines is 2. The summed E-state index contributed by atoms with van der Waals surface area (Å²) in [4.78, 5) is 15.3. The van der Waals surface area contributed by atoms with E-state index in [1.807, 2.05) is 17.5 Å². The summed E-state index contributed by atoms with van der Waals surface area (Å²) in [6, 6.07) is 16.6. The lowest BCUT2D eigenvalue weighted by atomic mass is 9.89. The van der Waals surface area contributed by atoms with Gasteiger partial charge in [-0.25, -0.2) is 26.8 Å². The summed E-state index contributed by atoms with van der Waals surface area (Å²) in [6.45, 7) is 35.9. The highest BCUT2D eigenvalue weighted by molar-refractivity contribution is 7.89. The number of rotatable bonds is 17. The van der Waals surface area contributed by atoms with Gasteiger partial charge in [0, 0.05) is 74.2 Å². The predicted octanol–water partition coefficient (Wildman–Crippen LogP) is 14.3. The van der Waals surface area contributed by atoms with Gasteiger partial charge in [-0.1, -0.05) is 125 Å². The van der Waals surface area contributed by atoms with Gasteiger partial charge >= 0.3 is 0 Å². The van der Waals surface area contributed by atoms with Gasteiger partial charge in [-0.3, -0.25) is 0 Å². The highest BCUT2D eigenvalue weighted by Crippen LogP contribution is 2.43. The van der Waals surface area contributed by atoms with Crippen LogP contribution in [0.3, 0.4) is 0 Å². The molecule has 0 radical (unpaired) electrons. The molecule has 17 heteroatoms. The van der Waals surface area contributed by atoms with Gasteiger partial charge in [0.05, 0.1) is 42.5 Å². The molecular formula is C62H86N6O7S4. The fourth-order valence-corrected chi connectivity index (χ4v) is 16.7. The summed E-state index contributed by atoms with van der Waals surface area (Å²) < 4.78 is 76.5. The van der Waals surface area contributed by atoms with Crippen molar-refractivity contribution in [2.24, 2.45) is 0 Å². The molecule has 430 valence electrons. The molecule has 0 aliphatic carbocycles. The molecule has 0 spiro atoms. The lowest BCUT2D eigenvalue weighted by Crippen LogP contribution is -2.49. The summed E-state index contributed by atoms with van der Waals surface area (Å²) in [7, 11) is -2.54. The number of thiazole rings is 2. The van der Waals surface area contributed by atoms with E-state index in [-0.39, 0.29) is 23.7 Å². The molecule has 4 aromatic carbocycles. The van der Waals surface area contributed by atoms with E-state index in [0.29, 0.717) is 91.2 Å². The Bertz CT molecular complexity index is 3220. The van der Waals surface area contributed by atoms with Crippen molar-refractivity contribution < 1.29 is 31.0 Å². The van der Waals surface area contributed by atoms with Gasteiger partial charge in [-0.15, -0.1) is 22.7 Å². The number of piperazine rings is 2. The fraction of sp³-hybridized carbons (Fsp3) is 0.516. The second-order valence-corrected chi connectivity index (χ2v) is 28.4. The summed E-state index contributed by atoms with van der Waals surface area (Å²) in [6.07, 6.45) is 0. The molecule has 0 atom stereocenters. The van der Waals surface area contributed by atoms with Crippen LogP contribution in [0.4, 0.5) is 10.3 Å². The van der Waals surface area contributed by atoms with Gasteiger partial charge in [-0.2, -0.15) is 8.61 Å². The zero-order valence-corrected chi connectivity index (χ0v) is 53.3. The van der Waals surface area contributed by atoms with Crippen LogP contribution in [-0.2, 0) is 20.0 Å². The van der Waals surface area contributed by atoms with Crippen LogP contribution >= 0.6 is 22.7 Å². The van der Waals surface area contributed by atoms with Crippen molar-refractivity contribution in [3.8, 4) is 39.8 Å². The molecule has 4 heterocycles. The van der Waals surface area contributed by atoms with Crippen molar-refractivity contribution in [3.63, 3.8) is 0 Å². The van der Waals surface area contributed by atoms with E-state index < -0.39 is 20.0 Å². The number of aryl methyl sites for hydroxylation is 3.